The molecule has 0 unspecified atom stereocenters. The van der Waals surface area contributed by atoms with Gasteiger partial charge in [-0.3, -0.25) is 14.4 Å². The number of ether oxygens (including phenoxy) is 3. The summed E-state index contributed by atoms with van der Waals surface area (Å²) in [5, 5.41) is 3.04. The van der Waals surface area contributed by atoms with Gasteiger partial charge in [-0.25, -0.2) is 14.4 Å². The molecule has 0 amide bonds. The van der Waals surface area contributed by atoms with Crippen LogP contribution >= 0.6 is 11.6 Å². The van der Waals surface area contributed by atoms with Gasteiger partial charge in [0.2, 0.25) is 0 Å². The monoisotopic (exact) mass is 726 g/mol. The molecule has 6 rings (SSSR count). The lowest BCUT2D eigenvalue weighted by Crippen LogP contribution is -2.17. The predicted molar refractivity (Wildman–Crippen MR) is 200 cm³/mol. The average Bonchev–Trinajstić information content (AvgIpc) is 3.66. The van der Waals surface area contributed by atoms with Crippen LogP contribution in [0, 0.1) is 0 Å². The minimum Gasteiger partial charge on any atom is -0.460 e. The Balaban J connectivity index is 0.000000216. The van der Waals surface area contributed by atoms with E-state index in [2.05, 4.69) is 64.8 Å². The Morgan fingerprint density at radius 2 is 0.827 bits per heavy atom. The van der Waals surface area contributed by atoms with Crippen molar-refractivity contribution in [3.05, 3.63) is 96.1 Å². The lowest BCUT2D eigenvalue weighted by molar-refractivity contribution is -0.149. The van der Waals surface area contributed by atoms with Gasteiger partial charge in [0.05, 0.1) is 19.8 Å². The molecule has 4 aromatic carbocycles. The average molecular weight is 727 g/mol. The van der Waals surface area contributed by atoms with Gasteiger partial charge in [0.15, 0.2) is 0 Å². The Kier molecular flexibility index (Phi) is 13.4. The van der Waals surface area contributed by atoms with E-state index >= 15 is 0 Å². The fourth-order valence-corrected chi connectivity index (χ4v) is 5.94. The number of nitrogens with zero attached hydrogens (tertiary/aromatic N) is 2. The molecule has 0 spiro atoms. The Labute approximate surface area is 305 Å². The zero-order chi connectivity index (χ0) is 37.9. The summed E-state index contributed by atoms with van der Waals surface area (Å²) in [5.41, 5.74) is 4.77. The highest BCUT2D eigenvalue weighted by Gasteiger charge is 2.22. The Bertz CT molecular complexity index is 2160. The van der Waals surface area contributed by atoms with E-state index in [1.165, 1.54) is 21.8 Å². The quantitative estimate of drug-likeness (QED) is 0.0463. The van der Waals surface area contributed by atoms with E-state index in [9.17, 15) is 28.8 Å². The van der Waals surface area contributed by atoms with E-state index in [0.29, 0.717) is 17.3 Å². The van der Waals surface area contributed by atoms with Gasteiger partial charge < -0.3 is 23.3 Å². The first-order valence-electron chi connectivity index (χ1n) is 16.8. The van der Waals surface area contributed by atoms with Crippen molar-refractivity contribution >= 4 is 89.9 Å². The Morgan fingerprint density at radius 3 is 1.15 bits per heavy atom. The van der Waals surface area contributed by atoms with Gasteiger partial charge in [-0.15, -0.1) is 0 Å². The minimum atomic E-state index is -1.08. The number of carbonyl (C=O) groups is 6. The zero-order valence-electron chi connectivity index (χ0n) is 29.6. The molecule has 6 aromatic rings. The number of fused-ring (bicyclic) bond motifs is 6. The summed E-state index contributed by atoms with van der Waals surface area (Å²) in [5.74, 6) is -4.28. The molecular formula is C40H39ClN2O9. The van der Waals surface area contributed by atoms with Crippen LogP contribution in [0.2, 0.25) is 0 Å². The first-order valence-corrected chi connectivity index (χ1v) is 17.2. The molecule has 0 fully saturated rings. The summed E-state index contributed by atoms with van der Waals surface area (Å²) in [4.78, 5) is 68.1. The molecule has 0 aliphatic heterocycles. The SMILES string of the molecule is CCOC(=O)C(=O)Cl.CCOC(=O)C(=O)c1ccc2c(c1)c1cc(C(=O)C(=O)OCC)ccc1n2CC.CCn1c2ccccc2c2ccccc21. The van der Waals surface area contributed by atoms with Gasteiger partial charge in [-0.2, -0.15) is 0 Å². The fraction of sp³-hybridized carbons (Fsp3) is 0.250. The van der Waals surface area contributed by atoms with Crippen LogP contribution in [0.3, 0.4) is 0 Å². The van der Waals surface area contributed by atoms with Crippen LogP contribution in [-0.2, 0) is 46.5 Å². The van der Waals surface area contributed by atoms with Crippen molar-refractivity contribution in [3.63, 3.8) is 0 Å². The molecule has 270 valence electrons. The Hall–Kier alpha value is -5.81. The van der Waals surface area contributed by atoms with Crippen molar-refractivity contribution in [1.82, 2.24) is 9.13 Å². The zero-order valence-corrected chi connectivity index (χ0v) is 30.3. The molecular weight excluding hydrogens is 688 g/mol. The molecule has 0 saturated heterocycles. The number of carbonyl (C=O) groups excluding carboxylic acids is 6. The highest BCUT2D eigenvalue weighted by atomic mass is 35.5. The number of para-hydroxylation sites is 2. The second-order valence-corrected chi connectivity index (χ2v) is 11.4. The molecule has 11 nitrogen and oxygen atoms in total. The normalized spacial score (nSPS) is 10.6. The van der Waals surface area contributed by atoms with Gasteiger partial charge in [0.1, 0.15) is 0 Å². The number of hydrogen-bond donors (Lipinski definition) is 0. The van der Waals surface area contributed by atoms with Crippen molar-refractivity contribution in [2.45, 2.75) is 47.7 Å². The largest absolute Gasteiger partial charge is 0.460 e. The molecule has 2 aromatic heterocycles. The maximum Gasteiger partial charge on any atom is 0.391 e. The van der Waals surface area contributed by atoms with E-state index < -0.39 is 34.7 Å². The number of aromatic nitrogens is 2. The van der Waals surface area contributed by atoms with Crippen molar-refractivity contribution < 1.29 is 43.0 Å². The highest BCUT2D eigenvalue weighted by Crippen LogP contribution is 2.31. The third kappa shape index (κ3) is 8.38. The van der Waals surface area contributed by atoms with Crippen LogP contribution in [0.15, 0.2) is 84.9 Å². The van der Waals surface area contributed by atoms with Gasteiger partial charge in [-0.1, -0.05) is 36.4 Å². The van der Waals surface area contributed by atoms with Crippen LogP contribution in [0.4, 0.5) is 0 Å². The molecule has 12 heteroatoms. The van der Waals surface area contributed by atoms with E-state index in [1.807, 2.05) is 11.5 Å². The van der Waals surface area contributed by atoms with Crippen LogP contribution in [0.25, 0.3) is 43.6 Å². The van der Waals surface area contributed by atoms with Crippen LogP contribution in [0.1, 0.15) is 55.3 Å². The highest BCUT2D eigenvalue weighted by molar-refractivity contribution is 6.80. The third-order valence-electron chi connectivity index (χ3n) is 8.06. The first kappa shape index (κ1) is 39.0. The standard InChI is InChI=1S/C22H21NO6.C14H13N.C4H5ClO3/c1-4-23-17-9-7-13(19(24)21(26)28-5-2)11-15(17)16-12-14(8-10-18(16)23)20(25)22(27)29-6-3;1-2-15-13-9-5-3-7-11(13)12-8-4-6-10-14(12)15;1-2-8-4(7)3(5)6/h7-12H,4-6H2,1-3H3;3-10H,2H2,1H3;2H2,1H3. The summed E-state index contributed by atoms with van der Waals surface area (Å²) < 4.78 is 18.2. The molecule has 0 aliphatic rings. The number of halogens is 1. The lowest BCUT2D eigenvalue weighted by atomic mass is 10.0. The fourth-order valence-electron chi connectivity index (χ4n) is 5.89. The summed E-state index contributed by atoms with van der Waals surface area (Å²) in [7, 11) is 0. The summed E-state index contributed by atoms with van der Waals surface area (Å²) in [6.45, 7) is 11.1. The van der Waals surface area contributed by atoms with E-state index in [4.69, 9.17) is 21.1 Å². The lowest BCUT2D eigenvalue weighted by Gasteiger charge is -2.04. The maximum absolute atomic E-state index is 12.3. The van der Waals surface area contributed by atoms with Crippen LogP contribution in [-0.4, -0.2) is 63.7 Å². The summed E-state index contributed by atoms with van der Waals surface area (Å²) in [6, 6.07) is 27.1. The van der Waals surface area contributed by atoms with Crippen LogP contribution in [0.5, 0.6) is 0 Å². The smallest absolute Gasteiger partial charge is 0.391 e. The van der Waals surface area contributed by atoms with Gasteiger partial charge in [0, 0.05) is 67.8 Å². The number of benzene rings is 4. The number of ketones is 2. The molecule has 0 aliphatic carbocycles. The summed E-state index contributed by atoms with van der Waals surface area (Å²) >= 11 is 4.69. The molecule has 2 heterocycles. The predicted octanol–water partition coefficient (Wildman–Crippen LogP) is 7.44. The van der Waals surface area contributed by atoms with Gasteiger partial charge in [-0.05, 0) is 94.8 Å². The van der Waals surface area contributed by atoms with Gasteiger partial charge in [0.25, 0.3) is 11.6 Å². The number of Topliss-reactive ketones (excluding diaryl/α,β-unsaturated/α-hetero) is 2. The molecule has 0 bridgehead atoms. The minimum absolute atomic E-state index is 0.112. The van der Waals surface area contributed by atoms with E-state index in [-0.39, 0.29) is 30.9 Å². The van der Waals surface area contributed by atoms with Gasteiger partial charge >= 0.3 is 23.2 Å². The van der Waals surface area contributed by atoms with Crippen LogP contribution < -0.4 is 0 Å². The molecule has 0 atom stereocenters. The van der Waals surface area contributed by atoms with Crippen molar-refractivity contribution in [1.29, 1.82) is 0 Å². The molecule has 52 heavy (non-hydrogen) atoms. The molecule has 0 radical (unpaired) electrons. The number of hydrogen-bond acceptors (Lipinski definition) is 9. The van der Waals surface area contributed by atoms with E-state index in [0.717, 1.165) is 17.6 Å². The van der Waals surface area contributed by atoms with Crippen molar-refractivity contribution in [2.24, 2.45) is 0 Å². The molecule has 0 saturated carbocycles. The first-order chi connectivity index (χ1) is 25.0. The van der Waals surface area contributed by atoms with Crippen molar-refractivity contribution in [2.75, 3.05) is 19.8 Å². The number of aryl methyl sites for hydroxylation is 2. The third-order valence-corrected chi connectivity index (χ3v) is 8.21. The second-order valence-electron chi connectivity index (χ2n) is 11.1. The van der Waals surface area contributed by atoms with Crippen molar-refractivity contribution in [3.8, 4) is 0 Å². The topological polar surface area (TPSA) is 140 Å². The maximum atomic E-state index is 12.3. The number of rotatable bonds is 10. The van der Waals surface area contributed by atoms with E-state index in [1.54, 1.807) is 57.2 Å². The summed E-state index contributed by atoms with van der Waals surface area (Å²) in [6.07, 6.45) is 0. The molecule has 0 N–H and O–H groups in total. The number of esters is 3. The Morgan fingerprint density at radius 1 is 0.481 bits per heavy atom. The second kappa shape index (κ2) is 17.9.